The number of fused-ring (bicyclic) bond motifs is 7. The van der Waals surface area contributed by atoms with E-state index in [1.807, 2.05) is 54.6 Å². The Labute approximate surface area is 342 Å². The van der Waals surface area contributed by atoms with E-state index in [9.17, 15) is 5.41 Å². The molecule has 280 valence electrons. The minimum absolute atomic E-state index is 0.478. The number of nitrogens with one attached hydrogen (secondary N) is 2. The molecule has 0 saturated carbocycles. The molecule has 1 aliphatic rings. The number of ether oxygens (including phenoxy) is 1. The Morgan fingerprint density at radius 3 is 2.05 bits per heavy atom. The van der Waals surface area contributed by atoms with E-state index in [0.29, 0.717) is 12.4 Å². The van der Waals surface area contributed by atoms with Crippen molar-refractivity contribution in [1.29, 1.82) is 5.41 Å². The first-order chi connectivity index (χ1) is 29.2. The van der Waals surface area contributed by atoms with Gasteiger partial charge in [-0.25, -0.2) is 0 Å². The zero-order valence-electron chi connectivity index (χ0n) is 32.1. The maximum Gasteiger partial charge on any atom is 0.152 e. The lowest BCUT2D eigenvalue weighted by atomic mass is 9.96. The predicted molar refractivity (Wildman–Crippen MR) is 245 cm³/mol. The summed E-state index contributed by atoms with van der Waals surface area (Å²) < 4.78 is 9.04. The number of nitrogens with zero attached hydrogens (tertiary/aromatic N) is 2. The Morgan fingerprint density at radius 2 is 1.19 bits per heavy atom. The lowest BCUT2D eigenvalue weighted by Crippen LogP contribution is -2.15. The number of hydrogen-bond acceptors (Lipinski definition) is 4. The highest BCUT2D eigenvalue weighted by molar-refractivity contribution is 6.24. The van der Waals surface area contributed by atoms with E-state index in [-0.39, 0.29) is 0 Å². The average molecular weight is 759 g/mol. The van der Waals surface area contributed by atoms with Crippen LogP contribution in [0.1, 0.15) is 11.1 Å². The fourth-order valence-corrected chi connectivity index (χ4v) is 8.73. The van der Waals surface area contributed by atoms with Gasteiger partial charge in [-0.1, -0.05) is 152 Å². The van der Waals surface area contributed by atoms with E-state index >= 15 is 0 Å². The van der Waals surface area contributed by atoms with E-state index in [4.69, 9.17) is 4.74 Å². The first-order valence-corrected chi connectivity index (χ1v) is 20.0. The molecule has 0 bridgehead atoms. The predicted octanol–water partition coefficient (Wildman–Crippen LogP) is 14.3. The van der Waals surface area contributed by atoms with E-state index in [2.05, 4.69) is 166 Å². The molecule has 10 aromatic rings. The van der Waals surface area contributed by atoms with Crippen molar-refractivity contribution in [3.8, 4) is 33.8 Å². The van der Waals surface area contributed by atoms with Gasteiger partial charge >= 0.3 is 0 Å². The Morgan fingerprint density at radius 1 is 0.508 bits per heavy atom. The molecule has 0 radical (unpaired) electrons. The molecule has 0 saturated heterocycles. The van der Waals surface area contributed by atoms with Crippen LogP contribution in [0.15, 0.2) is 206 Å². The van der Waals surface area contributed by atoms with Gasteiger partial charge in [-0.2, -0.15) is 0 Å². The van der Waals surface area contributed by atoms with Gasteiger partial charge in [0.25, 0.3) is 0 Å². The molecule has 5 heteroatoms. The third kappa shape index (κ3) is 5.91. The topological polar surface area (TPSA) is 53.3 Å². The lowest BCUT2D eigenvalue weighted by Gasteiger charge is -2.33. The van der Waals surface area contributed by atoms with Gasteiger partial charge in [0.2, 0.25) is 0 Å². The first-order valence-electron chi connectivity index (χ1n) is 20.0. The summed E-state index contributed by atoms with van der Waals surface area (Å²) in [5.41, 5.74) is 13.0. The first kappa shape index (κ1) is 34.4. The van der Waals surface area contributed by atoms with Gasteiger partial charge in [0.1, 0.15) is 0 Å². The zero-order valence-corrected chi connectivity index (χ0v) is 32.1. The number of hydrogen-bond donors (Lipinski definition) is 2. The molecule has 0 amide bonds. The smallest absolute Gasteiger partial charge is 0.152 e. The molecule has 2 heterocycles. The third-order valence-corrected chi connectivity index (χ3v) is 11.5. The number of anilines is 4. The Bertz CT molecular complexity index is 3210. The van der Waals surface area contributed by atoms with Gasteiger partial charge in [0.05, 0.1) is 34.8 Å². The fourth-order valence-electron chi connectivity index (χ4n) is 8.73. The van der Waals surface area contributed by atoms with Crippen LogP contribution in [0.3, 0.4) is 0 Å². The highest BCUT2D eigenvalue weighted by atomic mass is 16.5. The van der Waals surface area contributed by atoms with Crippen LogP contribution in [-0.2, 0) is 6.67 Å². The molecule has 11 rings (SSSR count). The van der Waals surface area contributed by atoms with Crippen molar-refractivity contribution >= 4 is 61.0 Å². The maximum atomic E-state index is 9.32. The number of benzene rings is 9. The number of para-hydroxylation sites is 4. The second-order valence-electron chi connectivity index (χ2n) is 14.9. The van der Waals surface area contributed by atoms with Crippen LogP contribution in [0.4, 0.5) is 22.7 Å². The van der Waals surface area contributed by atoms with Crippen molar-refractivity contribution in [2.45, 2.75) is 6.67 Å². The van der Waals surface area contributed by atoms with Crippen molar-refractivity contribution in [3.63, 3.8) is 0 Å². The molecule has 1 aromatic heterocycles. The molecular formula is C54H38N4O. The molecule has 0 atom stereocenters. The van der Waals surface area contributed by atoms with Crippen LogP contribution in [-0.4, -0.2) is 10.3 Å². The van der Waals surface area contributed by atoms with Gasteiger partial charge in [-0.05, 0) is 87.6 Å². The molecular weight excluding hydrogens is 721 g/mol. The summed E-state index contributed by atoms with van der Waals surface area (Å²) in [6.45, 7) is 0.509. The SMILES string of the molecule is N=C(c1ccc(-c2ccccc2)cc1)c1ccccc1NCn1c2cccc(-c3ccc4c(c3)Oc3ccccc3N4c3ccccc3)c2c2c3ccccc3ccc21. The Kier molecular flexibility index (Phi) is 8.30. The van der Waals surface area contributed by atoms with Gasteiger partial charge in [-0.15, -0.1) is 0 Å². The van der Waals surface area contributed by atoms with Crippen molar-refractivity contribution in [3.05, 3.63) is 217 Å². The fraction of sp³-hybridized carbons (Fsp3) is 0.0185. The number of rotatable bonds is 8. The number of aromatic nitrogens is 1. The average Bonchev–Trinajstić information content (AvgIpc) is 3.64. The van der Waals surface area contributed by atoms with E-state index < -0.39 is 0 Å². The van der Waals surface area contributed by atoms with Gasteiger partial charge in [0, 0.05) is 33.3 Å². The molecule has 59 heavy (non-hydrogen) atoms. The summed E-state index contributed by atoms with van der Waals surface area (Å²) >= 11 is 0. The highest BCUT2D eigenvalue weighted by Gasteiger charge is 2.27. The second-order valence-corrected chi connectivity index (χ2v) is 14.9. The molecule has 5 nitrogen and oxygen atoms in total. The summed E-state index contributed by atoms with van der Waals surface area (Å²) in [5, 5.41) is 17.9. The normalized spacial score (nSPS) is 12.0. The molecule has 0 spiro atoms. The largest absolute Gasteiger partial charge is 0.453 e. The molecule has 0 fully saturated rings. The molecule has 2 N–H and O–H groups in total. The summed E-state index contributed by atoms with van der Waals surface area (Å²) in [7, 11) is 0. The van der Waals surface area contributed by atoms with Gasteiger partial charge < -0.3 is 19.5 Å². The zero-order chi connectivity index (χ0) is 39.3. The lowest BCUT2D eigenvalue weighted by molar-refractivity contribution is 0.477. The monoisotopic (exact) mass is 758 g/mol. The van der Waals surface area contributed by atoms with Crippen molar-refractivity contribution < 1.29 is 4.74 Å². The minimum atomic E-state index is 0.478. The summed E-state index contributed by atoms with van der Waals surface area (Å²) in [4.78, 5) is 2.28. The van der Waals surface area contributed by atoms with Crippen LogP contribution < -0.4 is 15.0 Å². The second kappa shape index (κ2) is 14.2. The summed E-state index contributed by atoms with van der Waals surface area (Å²) in [6, 6.07) is 71.8. The standard InChI is InChI=1S/C54H38N4O/c55-54(39-28-26-37(27-29-39)36-14-3-1-4-15-36)44-20-9-10-22-45(44)56-35-57-48-24-13-21-43(53(48)52-42-19-8-7-16-38(42)30-33-49(52)57)40-31-32-47-51(34-40)59-50-25-12-11-23-46(50)58(47)41-17-5-2-6-18-41/h1-34,55-56H,35H2. The minimum Gasteiger partial charge on any atom is -0.453 e. The third-order valence-electron chi connectivity index (χ3n) is 11.5. The van der Waals surface area contributed by atoms with Crippen LogP contribution in [0.5, 0.6) is 11.5 Å². The Balaban J connectivity index is 1.00. The molecule has 0 aliphatic carbocycles. The van der Waals surface area contributed by atoms with Crippen molar-refractivity contribution in [2.75, 3.05) is 10.2 Å². The quantitative estimate of drug-likeness (QED) is 0.152. The van der Waals surface area contributed by atoms with Crippen LogP contribution in [0.2, 0.25) is 0 Å². The molecule has 1 aliphatic heterocycles. The summed E-state index contributed by atoms with van der Waals surface area (Å²) in [5.74, 6) is 1.64. The molecule has 0 unspecified atom stereocenters. The van der Waals surface area contributed by atoms with E-state index in [1.165, 1.54) is 21.5 Å². The van der Waals surface area contributed by atoms with E-state index in [0.717, 1.165) is 78.7 Å². The Hall–Kier alpha value is -7.89. The van der Waals surface area contributed by atoms with Crippen LogP contribution >= 0.6 is 0 Å². The highest BCUT2D eigenvalue weighted by Crippen LogP contribution is 2.52. The summed E-state index contributed by atoms with van der Waals surface area (Å²) in [6.07, 6.45) is 0. The molecule has 9 aromatic carbocycles. The van der Waals surface area contributed by atoms with Crippen LogP contribution in [0, 0.1) is 5.41 Å². The van der Waals surface area contributed by atoms with Crippen LogP contribution in [0.25, 0.3) is 54.8 Å². The van der Waals surface area contributed by atoms with Crippen molar-refractivity contribution in [1.82, 2.24) is 4.57 Å². The van der Waals surface area contributed by atoms with Gasteiger partial charge in [-0.3, -0.25) is 5.41 Å². The van der Waals surface area contributed by atoms with E-state index in [1.54, 1.807) is 0 Å². The van der Waals surface area contributed by atoms with Crippen molar-refractivity contribution in [2.24, 2.45) is 0 Å². The maximum absolute atomic E-state index is 9.32. The van der Waals surface area contributed by atoms with Gasteiger partial charge in [0.15, 0.2) is 11.5 Å².